The first-order chi connectivity index (χ1) is 10.9. The highest BCUT2D eigenvalue weighted by Crippen LogP contribution is 2.44. The van der Waals surface area contributed by atoms with Gasteiger partial charge in [0.2, 0.25) is 0 Å². The van der Waals surface area contributed by atoms with Crippen molar-refractivity contribution in [3.05, 3.63) is 70.3 Å². The maximum absolute atomic E-state index is 12.2. The number of benzene rings is 2. The van der Waals surface area contributed by atoms with Crippen molar-refractivity contribution in [2.24, 2.45) is 0 Å². The van der Waals surface area contributed by atoms with E-state index in [-0.39, 0.29) is 23.8 Å². The minimum absolute atomic E-state index is 0.108. The number of carbonyl (C=O) groups is 1. The Morgan fingerprint density at radius 3 is 2.30 bits per heavy atom. The Bertz CT molecular complexity index is 744. The average molecular weight is 335 g/mol. The topological polar surface area (TPSA) is 95.7 Å². The number of rotatable bonds is 7. The molecule has 0 aliphatic carbocycles. The molecule has 0 saturated carbocycles. The van der Waals surface area contributed by atoms with Gasteiger partial charge in [-0.05, 0) is 12.1 Å². The van der Waals surface area contributed by atoms with Crippen molar-refractivity contribution in [1.29, 1.82) is 0 Å². The fourth-order valence-electron chi connectivity index (χ4n) is 1.73. The van der Waals surface area contributed by atoms with Gasteiger partial charge in [-0.2, -0.15) is 0 Å². The van der Waals surface area contributed by atoms with Crippen molar-refractivity contribution in [2.75, 3.05) is 13.3 Å². The Labute approximate surface area is 132 Å². The summed E-state index contributed by atoms with van der Waals surface area (Å²) in [6, 6.07) is 13.5. The van der Waals surface area contributed by atoms with Crippen LogP contribution in [0.25, 0.3) is 0 Å². The fourth-order valence-corrected chi connectivity index (χ4v) is 2.64. The standard InChI is InChI=1S/C15H14NO6P/c1-23(20,21-11-15(17)12-5-3-2-4-6-12)22-14-9-7-13(8-10-14)16(18)19/h2-10H,11H2,1H3/t23-/m1/s1. The smallest absolute Gasteiger partial charge is 0.376 e. The highest BCUT2D eigenvalue weighted by molar-refractivity contribution is 7.53. The molecular weight excluding hydrogens is 321 g/mol. The molecule has 0 aliphatic rings. The quantitative estimate of drug-likeness (QED) is 0.331. The first-order valence-electron chi connectivity index (χ1n) is 6.62. The van der Waals surface area contributed by atoms with Gasteiger partial charge in [0.25, 0.3) is 5.69 Å². The molecule has 0 unspecified atom stereocenters. The first-order valence-corrected chi connectivity index (χ1v) is 8.61. The first kappa shape index (κ1) is 16.9. The number of ketones is 1. The van der Waals surface area contributed by atoms with Crippen molar-refractivity contribution >= 4 is 19.1 Å². The van der Waals surface area contributed by atoms with E-state index in [0.29, 0.717) is 5.56 Å². The molecule has 0 amide bonds. The van der Waals surface area contributed by atoms with Crippen LogP contribution in [0, 0.1) is 10.1 Å². The van der Waals surface area contributed by atoms with Crippen LogP contribution < -0.4 is 4.52 Å². The molecule has 2 aromatic rings. The zero-order valence-corrected chi connectivity index (χ0v) is 13.1. The number of hydrogen-bond donors (Lipinski definition) is 0. The van der Waals surface area contributed by atoms with Crippen molar-refractivity contribution in [3.63, 3.8) is 0 Å². The zero-order chi connectivity index (χ0) is 16.9. The highest BCUT2D eigenvalue weighted by Gasteiger charge is 2.21. The Hall–Kier alpha value is -2.50. The van der Waals surface area contributed by atoms with Crippen LogP contribution in [0.4, 0.5) is 5.69 Å². The molecule has 0 saturated heterocycles. The van der Waals surface area contributed by atoms with E-state index in [1.54, 1.807) is 30.3 Å². The van der Waals surface area contributed by atoms with Crippen LogP contribution in [0.15, 0.2) is 54.6 Å². The van der Waals surface area contributed by atoms with Gasteiger partial charge in [0.1, 0.15) is 12.4 Å². The third-order valence-corrected chi connectivity index (χ3v) is 3.99. The second-order valence-corrected chi connectivity index (χ2v) is 6.66. The molecule has 0 aromatic heterocycles. The Morgan fingerprint density at radius 1 is 1.13 bits per heavy atom. The van der Waals surface area contributed by atoms with Gasteiger partial charge in [0.05, 0.1) is 4.92 Å². The molecule has 1 atom stereocenters. The molecule has 2 aromatic carbocycles. The van der Waals surface area contributed by atoms with Gasteiger partial charge in [-0.1, -0.05) is 30.3 Å². The summed E-state index contributed by atoms with van der Waals surface area (Å²) >= 11 is 0. The number of carbonyl (C=O) groups excluding carboxylic acids is 1. The van der Waals surface area contributed by atoms with Crippen LogP contribution in [-0.4, -0.2) is 24.0 Å². The molecule has 0 bridgehead atoms. The lowest BCUT2D eigenvalue weighted by atomic mass is 10.1. The molecule has 120 valence electrons. The van der Waals surface area contributed by atoms with Crippen LogP contribution in [-0.2, 0) is 9.09 Å². The van der Waals surface area contributed by atoms with Crippen molar-refractivity contribution in [2.45, 2.75) is 0 Å². The van der Waals surface area contributed by atoms with Gasteiger partial charge in [0, 0.05) is 24.4 Å². The lowest BCUT2D eigenvalue weighted by molar-refractivity contribution is -0.384. The molecule has 0 heterocycles. The molecule has 0 spiro atoms. The third kappa shape index (κ3) is 5.02. The van der Waals surface area contributed by atoms with Gasteiger partial charge in [0.15, 0.2) is 5.78 Å². The summed E-state index contributed by atoms with van der Waals surface area (Å²) in [4.78, 5) is 21.9. The monoisotopic (exact) mass is 335 g/mol. The van der Waals surface area contributed by atoms with Crippen molar-refractivity contribution in [1.82, 2.24) is 0 Å². The minimum atomic E-state index is -3.52. The second-order valence-electron chi connectivity index (χ2n) is 4.68. The third-order valence-electron chi connectivity index (χ3n) is 2.84. The van der Waals surface area contributed by atoms with Crippen LogP contribution >= 0.6 is 7.60 Å². The molecular formula is C15H14NO6P. The molecule has 2 rings (SSSR count). The molecule has 7 nitrogen and oxygen atoms in total. The number of Topliss-reactive ketones (excluding diaryl/α,β-unsaturated/α-hetero) is 1. The van der Waals surface area contributed by atoms with Crippen LogP contribution in [0.2, 0.25) is 0 Å². The summed E-state index contributed by atoms with van der Waals surface area (Å²) in [5.74, 6) is -0.159. The number of non-ortho nitro benzene ring substituents is 1. The van der Waals surface area contributed by atoms with Gasteiger partial charge in [-0.25, -0.2) is 4.57 Å². The van der Waals surface area contributed by atoms with Gasteiger partial charge >= 0.3 is 7.60 Å². The number of hydrogen-bond acceptors (Lipinski definition) is 6. The molecule has 0 N–H and O–H groups in total. The maximum Gasteiger partial charge on any atom is 0.376 e. The summed E-state index contributed by atoms with van der Waals surface area (Å²) < 4.78 is 22.5. The molecule has 23 heavy (non-hydrogen) atoms. The predicted molar refractivity (Wildman–Crippen MR) is 84.0 cm³/mol. The van der Waals surface area contributed by atoms with Gasteiger partial charge in [-0.3, -0.25) is 19.4 Å². The summed E-state index contributed by atoms with van der Waals surface area (Å²) in [7, 11) is -3.52. The second kappa shape index (κ2) is 7.17. The van der Waals surface area contributed by atoms with E-state index in [4.69, 9.17) is 9.05 Å². The summed E-state index contributed by atoms with van der Waals surface area (Å²) in [6.07, 6.45) is 0. The average Bonchev–Trinajstić information content (AvgIpc) is 2.53. The van der Waals surface area contributed by atoms with Gasteiger partial charge < -0.3 is 4.52 Å². The van der Waals surface area contributed by atoms with E-state index < -0.39 is 12.5 Å². The Morgan fingerprint density at radius 2 is 1.74 bits per heavy atom. The van der Waals surface area contributed by atoms with Crippen molar-refractivity contribution < 1.29 is 23.3 Å². The lowest BCUT2D eigenvalue weighted by Crippen LogP contribution is -2.09. The van der Waals surface area contributed by atoms with Crippen LogP contribution in [0.3, 0.4) is 0 Å². The Kier molecular flexibility index (Phi) is 5.26. The van der Waals surface area contributed by atoms with Crippen LogP contribution in [0.1, 0.15) is 10.4 Å². The number of nitrogens with zero attached hydrogens (tertiary/aromatic N) is 1. The SMILES string of the molecule is C[P@@](=O)(OCC(=O)c1ccccc1)Oc1ccc([N+](=O)[O-])cc1. The maximum atomic E-state index is 12.2. The summed E-state index contributed by atoms with van der Waals surface area (Å²) in [5.41, 5.74) is 0.339. The van der Waals surface area contributed by atoms with E-state index in [2.05, 4.69) is 0 Å². The van der Waals surface area contributed by atoms with E-state index in [9.17, 15) is 19.5 Å². The molecule has 0 radical (unpaired) electrons. The van der Waals surface area contributed by atoms with E-state index in [0.717, 1.165) is 0 Å². The van der Waals surface area contributed by atoms with E-state index in [1.165, 1.54) is 30.9 Å². The fraction of sp³-hybridized carbons (Fsp3) is 0.133. The van der Waals surface area contributed by atoms with E-state index in [1.807, 2.05) is 0 Å². The Balaban J connectivity index is 1.95. The zero-order valence-electron chi connectivity index (χ0n) is 12.2. The van der Waals surface area contributed by atoms with Crippen molar-refractivity contribution in [3.8, 4) is 5.75 Å². The lowest BCUT2D eigenvalue weighted by Gasteiger charge is -2.14. The molecule has 8 heteroatoms. The van der Waals surface area contributed by atoms with Crippen LogP contribution in [0.5, 0.6) is 5.75 Å². The molecule has 0 fully saturated rings. The highest BCUT2D eigenvalue weighted by atomic mass is 31.2. The molecule has 0 aliphatic heterocycles. The summed E-state index contributed by atoms with van der Waals surface area (Å²) in [5, 5.41) is 10.6. The van der Waals surface area contributed by atoms with E-state index >= 15 is 0 Å². The largest absolute Gasteiger partial charge is 0.425 e. The summed E-state index contributed by atoms with van der Waals surface area (Å²) in [6.45, 7) is 0.845. The van der Waals surface area contributed by atoms with Gasteiger partial charge in [-0.15, -0.1) is 0 Å². The predicted octanol–water partition coefficient (Wildman–Crippen LogP) is 3.70. The minimum Gasteiger partial charge on any atom is -0.425 e. The number of nitro benzene ring substituents is 1. The number of nitro groups is 1. The normalized spacial score (nSPS) is 13.1.